The van der Waals surface area contributed by atoms with Crippen LogP contribution in [0.4, 0.5) is 5.95 Å². The molecule has 0 aliphatic carbocycles. The Bertz CT molecular complexity index is 504. The lowest BCUT2D eigenvalue weighted by Crippen LogP contribution is -2.58. The average Bonchev–Trinajstić information content (AvgIpc) is 2.63. The second kappa shape index (κ2) is 3.92. The summed E-state index contributed by atoms with van der Waals surface area (Å²) in [4.78, 5) is 10.4. The predicted octanol–water partition coefficient (Wildman–Crippen LogP) is -0.948. The molecule has 6 nitrogen and oxygen atoms in total. The second-order valence-electron chi connectivity index (χ2n) is 4.45. The minimum absolute atomic E-state index is 0.0116. The summed E-state index contributed by atoms with van der Waals surface area (Å²) in [6.07, 6.45) is 3.37. The molecule has 0 spiro atoms. The van der Waals surface area contributed by atoms with Crippen molar-refractivity contribution in [2.75, 3.05) is 29.5 Å². The number of hydrogen-bond acceptors (Lipinski definition) is 6. The van der Waals surface area contributed by atoms with Crippen molar-refractivity contribution in [1.29, 1.82) is 0 Å². The first-order valence-electron chi connectivity index (χ1n) is 5.63. The Balaban J connectivity index is 1.91. The number of aromatic nitrogens is 2. The normalized spacial score (nSPS) is 31.2. The lowest BCUT2D eigenvalue weighted by Gasteiger charge is -2.37. The molecule has 7 heteroatoms. The summed E-state index contributed by atoms with van der Waals surface area (Å²) in [6, 6.07) is 1.74. The van der Waals surface area contributed by atoms with E-state index in [9.17, 15) is 8.42 Å². The van der Waals surface area contributed by atoms with Crippen LogP contribution in [0, 0.1) is 0 Å². The van der Waals surface area contributed by atoms with Crippen LogP contribution < -0.4 is 10.2 Å². The van der Waals surface area contributed by atoms with E-state index in [-0.39, 0.29) is 23.6 Å². The van der Waals surface area contributed by atoms with Gasteiger partial charge < -0.3 is 10.2 Å². The highest BCUT2D eigenvalue weighted by Gasteiger charge is 2.43. The number of nitrogens with zero attached hydrogens (tertiary/aromatic N) is 3. The van der Waals surface area contributed by atoms with Crippen molar-refractivity contribution in [3.8, 4) is 0 Å². The summed E-state index contributed by atoms with van der Waals surface area (Å²) in [7, 11) is -2.93. The number of nitrogens with one attached hydrogen (secondary N) is 1. The summed E-state index contributed by atoms with van der Waals surface area (Å²) in [6.45, 7) is 1.52. The van der Waals surface area contributed by atoms with Gasteiger partial charge in [0.25, 0.3) is 0 Å². The third kappa shape index (κ3) is 2.00. The predicted molar refractivity (Wildman–Crippen MR) is 63.6 cm³/mol. The molecule has 2 saturated heterocycles. The number of hydrogen-bond donors (Lipinski definition) is 1. The largest absolute Gasteiger partial charge is 0.334 e. The highest BCUT2D eigenvalue weighted by Crippen LogP contribution is 2.23. The van der Waals surface area contributed by atoms with E-state index in [0.717, 1.165) is 13.1 Å². The summed E-state index contributed by atoms with van der Waals surface area (Å²) in [5.74, 6) is 1.05. The van der Waals surface area contributed by atoms with Gasteiger partial charge >= 0.3 is 0 Å². The van der Waals surface area contributed by atoms with Gasteiger partial charge in [-0.2, -0.15) is 0 Å². The van der Waals surface area contributed by atoms with Crippen LogP contribution in [0.25, 0.3) is 0 Å². The van der Waals surface area contributed by atoms with Crippen molar-refractivity contribution in [2.24, 2.45) is 0 Å². The molecule has 0 unspecified atom stereocenters. The molecular formula is C10H14N4O2S. The van der Waals surface area contributed by atoms with Crippen LogP contribution in [0.1, 0.15) is 0 Å². The zero-order valence-corrected chi connectivity index (χ0v) is 10.1. The highest BCUT2D eigenvalue weighted by molar-refractivity contribution is 7.91. The lowest BCUT2D eigenvalue weighted by molar-refractivity contribution is 0.420. The van der Waals surface area contributed by atoms with E-state index < -0.39 is 9.84 Å². The molecule has 92 valence electrons. The molecule has 0 bridgehead atoms. The van der Waals surface area contributed by atoms with Gasteiger partial charge in [0.2, 0.25) is 5.95 Å². The minimum atomic E-state index is -2.93. The fourth-order valence-corrected chi connectivity index (χ4v) is 4.51. The smallest absolute Gasteiger partial charge is 0.225 e. The van der Waals surface area contributed by atoms with Crippen LogP contribution >= 0.6 is 0 Å². The van der Waals surface area contributed by atoms with Crippen LogP contribution in [0.3, 0.4) is 0 Å². The summed E-state index contributed by atoms with van der Waals surface area (Å²) in [5, 5.41) is 3.26. The van der Waals surface area contributed by atoms with Crippen molar-refractivity contribution in [2.45, 2.75) is 12.1 Å². The molecular weight excluding hydrogens is 240 g/mol. The first-order valence-corrected chi connectivity index (χ1v) is 7.45. The second-order valence-corrected chi connectivity index (χ2v) is 6.60. The average molecular weight is 254 g/mol. The first kappa shape index (κ1) is 10.9. The molecule has 0 amide bonds. The molecule has 0 saturated carbocycles. The number of rotatable bonds is 1. The SMILES string of the molecule is O=S1(=O)C[C@@H]2NCCN(c3ncccn3)[C@H]2C1. The van der Waals surface area contributed by atoms with E-state index in [2.05, 4.69) is 15.3 Å². The topological polar surface area (TPSA) is 75.2 Å². The Labute approximate surface area is 100.0 Å². The fraction of sp³-hybridized carbons (Fsp3) is 0.600. The van der Waals surface area contributed by atoms with E-state index in [1.807, 2.05) is 4.90 Å². The zero-order chi connectivity index (χ0) is 11.9. The Hall–Kier alpha value is -1.21. The van der Waals surface area contributed by atoms with Gasteiger partial charge in [0.05, 0.1) is 17.5 Å². The molecule has 1 aromatic rings. The maximum atomic E-state index is 11.7. The quantitative estimate of drug-likeness (QED) is 0.696. The lowest BCUT2D eigenvalue weighted by atomic mass is 10.1. The maximum Gasteiger partial charge on any atom is 0.225 e. The van der Waals surface area contributed by atoms with Crippen LogP contribution in [-0.4, -0.2) is 55.1 Å². The van der Waals surface area contributed by atoms with Crippen molar-refractivity contribution in [3.63, 3.8) is 0 Å². The molecule has 2 atom stereocenters. The van der Waals surface area contributed by atoms with Crippen molar-refractivity contribution in [1.82, 2.24) is 15.3 Å². The van der Waals surface area contributed by atoms with Crippen LogP contribution in [0.2, 0.25) is 0 Å². The summed E-state index contributed by atoms with van der Waals surface area (Å²) >= 11 is 0. The third-order valence-electron chi connectivity index (χ3n) is 3.29. The minimum Gasteiger partial charge on any atom is -0.334 e. The van der Waals surface area contributed by atoms with Crippen molar-refractivity contribution < 1.29 is 8.42 Å². The molecule has 3 rings (SSSR count). The maximum absolute atomic E-state index is 11.7. The summed E-state index contributed by atoms with van der Waals surface area (Å²) in [5.41, 5.74) is 0. The van der Waals surface area contributed by atoms with Crippen molar-refractivity contribution in [3.05, 3.63) is 18.5 Å². The molecule has 2 aliphatic rings. The summed E-state index contributed by atoms with van der Waals surface area (Å²) < 4.78 is 23.3. The Kier molecular flexibility index (Phi) is 2.52. The van der Waals surface area contributed by atoms with Gasteiger partial charge in [-0.3, -0.25) is 0 Å². The first-order chi connectivity index (χ1) is 8.16. The van der Waals surface area contributed by atoms with Gasteiger partial charge in [0.1, 0.15) is 0 Å². The standard InChI is InChI=1S/C10H14N4O2S/c15-17(16)6-8-9(7-17)14(5-4-11-8)10-12-2-1-3-13-10/h1-3,8-9,11H,4-7H2/t8-,9-/m0/s1. The van der Waals surface area contributed by atoms with E-state index in [1.54, 1.807) is 18.5 Å². The Morgan fingerprint density at radius 1 is 1.29 bits per heavy atom. The van der Waals surface area contributed by atoms with Crippen LogP contribution in [0.15, 0.2) is 18.5 Å². The van der Waals surface area contributed by atoms with E-state index >= 15 is 0 Å². The third-order valence-corrected chi connectivity index (χ3v) is 5.01. The monoisotopic (exact) mass is 254 g/mol. The van der Waals surface area contributed by atoms with Gasteiger partial charge in [-0.05, 0) is 6.07 Å². The number of piperazine rings is 1. The van der Waals surface area contributed by atoms with Gasteiger partial charge in [-0.1, -0.05) is 0 Å². The molecule has 17 heavy (non-hydrogen) atoms. The van der Waals surface area contributed by atoms with Gasteiger partial charge in [0, 0.05) is 31.5 Å². The molecule has 1 aromatic heterocycles. The van der Waals surface area contributed by atoms with E-state index in [0.29, 0.717) is 5.95 Å². The Morgan fingerprint density at radius 2 is 2.06 bits per heavy atom. The van der Waals surface area contributed by atoms with Gasteiger partial charge in [0.15, 0.2) is 9.84 Å². The highest BCUT2D eigenvalue weighted by atomic mass is 32.2. The number of anilines is 1. The zero-order valence-electron chi connectivity index (χ0n) is 9.28. The number of sulfone groups is 1. The van der Waals surface area contributed by atoms with Crippen LogP contribution in [0.5, 0.6) is 0 Å². The van der Waals surface area contributed by atoms with Gasteiger partial charge in [-0.25, -0.2) is 18.4 Å². The Morgan fingerprint density at radius 3 is 2.82 bits per heavy atom. The van der Waals surface area contributed by atoms with E-state index in [4.69, 9.17) is 0 Å². The molecule has 0 aromatic carbocycles. The molecule has 2 fully saturated rings. The molecule has 1 N–H and O–H groups in total. The van der Waals surface area contributed by atoms with E-state index in [1.165, 1.54) is 0 Å². The molecule has 0 radical (unpaired) electrons. The molecule has 3 heterocycles. The van der Waals surface area contributed by atoms with Crippen LogP contribution in [-0.2, 0) is 9.84 Å². The van der Waals surface area contributed by atoms with Crippen molar-refractivity contribution >= 4 is 15.8 Å². The fourth-order valence-electron chi connectivity index (χ4n) is 2.56. The van der Waals surface area contributed by atoms with Gasteiger partial charge in [-0.15, -0.1) is 0 Å². The number of fused-ring (bicyclic) bond motifs is 1. The molecule has 2 aliphatic heterocycles.